The maximum Gasteiger partial charge on any atom is 0.349 e. The average molecular weight is 311 g/mol. The maximum atomic E-state index is 12.3. The fraction of sp³-hybridized carbons (Fsp3) is 0.471. The Labute approximate surface area is 135 Å². The van der Waals surface area contributed by atoms with Gasteiger partial charge in [0.1, 0.15) is 5.82 Å². The van der Waals surface area contributed by atoms with Crippen molar-refractivity contribution in [3.63, 3.8) is 0 Å². The largest absolute Gasteiger partial charge is 0.350 e. The summed E-state index contributed by atoms with van der Waals surface area (Å²) >= 11 is 0. The van der Waals surface area contributed by atoms with Gasteiger partial charge in [0.05, 0.1) is 12.1 Å². The van der Waals surface area contributed by atoms with Crippen molar-refractivity contribution in [2.24, 2.45) is 7.05 Å². The van der Waals surface area contributed by atoms with Crippen LogP contribution in [0, 0.1) is 6.57 Å². The van der Waals surface area contributed by atoms with Gasteiger partial charge in [-0.3, -0.25) is 4.57 Å². The lowest BCUT2D eigenvalue weighted by Crippen LogP contribution is -2.56. The van der Waals surface area contributed by atoms with E-state index in [1.165, 1.54) is 4.57 Å². The summed E-state index contributed by atoms with van der Waals surface area (Å²) in [6.07, 6.45) is 1.03. The molecule has 0 radical (unpaired) electrons. The van der Waals surface area contributed by atoms with Crippen molar-refractivity contribution in [3.8, 4) is 0 Å². The number of nitrogens with zero attached hydrogens (tertiary/aromatic N) is 4. The van der Waals surface area contributed by atoms with Crippen LogP contribution in [0.4, 0.5) is 11.5 Å². The third-order valence-corrected chi connectivity index (χ3v) is 4.62. The molecule has 6 nitrogen and oxygen atoms in total. The molecule has 1 aliphatic heterocycles. The zero-order chi connectivity index (χ0) is 16.6. The number of hydrogen-bond donors (Lipinski definition) is 1. The molecule has 120 valence electrons. The van der Waals surface area contributed by atoms with Crippen LogP contribution in [0.25, 0.3) is 15.7 Å². The number of fused-ring (bicyclic) bond motifs is 1. The van der Waals surface area contributed by atoms with Gasteiger partial charge in [-0.2, -0.15) is 4.98 Å². The number of rotatable bonds is 2. The Hall–Kier alpha value is -2.39. The molecule has 0 unspecified atom stereocenters. The quantitative estimate of drug-likeness (QED) is 0.863. The van der Waals surface area contributed by atoms with Crippen LogP contribution in [0.5, 0.6) is 0 Å². The Kier molecular flexibility index (Phi) is 4.05. The van der Waals surface area contributed by atoms with Gasteiger partial charge in [0, 0.05) is 37.6 Å². The fourth-order valence-corrected chi connectivity index (χ4v) is 3.11. The molecule has 1 aliphatic rings. The van der Waals surface area contributed by atoms with Crippen molar-refractivity contribution in [3.05, 3.63) is 40.1 Å². The van der Waals surface area contributed by atoms with Crippen LogP contribution in [0.15, 0.2) is 23.0 Å². The number of anilines is 1. The van der Waals surface area contributed by atoms with Crippen molar-refractivity contribution in [2.45, 2.75) is 32.4 Å². The number of aryl methyl sites for hydroxylation is 1. The molecule has 1 aromatic carbocycles. The topological polar surface area (TPSA) is 54.5 Å². The van der Waals surface area contributed by atoms with E-state index in [0.717, 1.165) is 30.4 Å². The second-order valence-electron chi connectivity index (χ2n) is 6.11. The van der Waals surface area contributed by atoms with Crippen LogP contribution in [-0.4, -0.2) is 34.7 Å². The predicted molar refractivity (Wildman–Crippen MR) is 92.1 cm³/mol. The zero-order valence-electron chi connectivity index (χ0n) is 13.7. The number of aromatic nitrogens is 2. The first-order valence-corrected chi connectivity index (χ1v) is 7.93. The molecule has 1 fully saturated rings. The molecule has 2 atom stereocenters. The van der Waals surface area contributed by atoms with Gasteiger partial charge in [-0.25, -0.2) is 9.64 Å². The second kappa shape index (κ2) is 6.01. The van der Waals surface area contributed by atoms with E-state index in [1.807, 2.05) is 12.1 Å². The van der Waals surface area contributed by atoms with E-state index in [-0.39, 0.29) is 11.7 Å². The summed E-state index contributed by atoms with van der Waals surface area (Å²) in [6, 6.07) is 6.04. The lowest BCUT2D eigenvalue weighted by atomic mass is 10.1. The molecule has 0 aliphatic carbocycles. The monoisotopic (exact) mass is 311 g/mol. The maximum absolute atomic E-state index is 12.3. The van der Waals surface area contributed by atoms with E-state index < -0.39 is 0 Å². The number of benzene rings is 1. The summed E-state index contributed by atoms with van der Waals surface area (Å²) in [6.45, 7) is 13.2. The standard InChI is InChI=1S/C17H21N5O/c1-5-12-10-22(11(2)9-19-12)16-14-8-13(18-3)6-7-15(14)21(4)17(23)20-16/h6-8,11-12,19H,5,9-10H2,1-2,4H3/t11-,12+/m0/s1. The number of hydrogen-bond acceptors (Lipinski definition) is 4. The summed E-state index contributed by atoms with van der Waals surface area (Å²) < 4.78 is 1.54. The SMILES string of the molecule is [C-]#[N+]c1ccc2c(c1)c(N1C[C@@H](CC)NC[C@@H]1C)nc(=O)n2C. The van der Waals surface area contributed by atoms with Gasteiger partial charge in [-0.1, -0.05) is 13.0 Å². The van der Waals surface area contributed by atoms with Crippen LogP contribution < -0.4 is 15.9 Å². The Morgan fingerprint density at radius 2 is 2.26 bits per heavy atom. The predicted octanol–water partition coefficient (Wildman–Crippen LogP) is 2.06. The van der Waals surface area contributed by atoms with E-state index in [4.69, 9.17) is 6.57 Å². The second-order valence-corrected chi connectivity index (χ2v) is 6.11. The molecule has 0 saturated carbocycles. The normalized spacial score (nSPS) is 21.4. The summed E-state index contributed by atoms with van der Waals surface area (Å²) in [5.74, 6) is 0.695. The van der Waals surface area contributed by atoms with Gasteiger partial charge < -0.3 is 10.2 Å². The highest BCUT2D eigenvalue weighted by Gasteiger charge is 2.27. The molecule has 6 heteroatoms. The first-order valence-electron chi connectivity index (χ1n) is 7.93. The molecule has 1 aromatic heterocycles. The van der Waals surface area contributed by atoms with Gasteiger partial charge >= 0.3 is 5.69 Å². The minimum absolute atomic E-state index is 0.247. The van der Waals surface area contributed by atoms with Gasteiger partial charge in [0.15, 0.2) is 5.69 Å². The van der Waals surface area contributed by atoms with Crippen LogP contribution in [0.3, 0.4) is 0 Å². The highest BCUT2D eigenvalue weighted by atomic mass is 16.1. The van der Waals surface area contributed by atoms with Gasteiger partial charge in [0.2, 0.25) is 0 Å². The van der Waals surface area contributed by atoms with Crippen LogP contribution in [0.2, 0.25) is 0 Å². The van der Waals surface area contributed by atoms with Crippen molar-refractivity contribution in [2.75, 3.05) is 18.0 Å². The Bertz CT molecular complexity index is 835. The lowest BCUT2D eigenvalue weighted by molar-refractivity contribution is 0.396. The molecule has 2 aromatic rings. The Balaban J connectivity index is 2.21. The fourth-order valence-electron chi connectivity index (χ4n) is 3.11. The van der Waals surface area contributed by atoms with E-state index in [9.17, 15) is 4.79 Å². The molecule has 0 amide bonds. The van der Waals surface area contributed by atoms with Crippen molar-refractivity contribution in [1.82, 2.24) is 14.9 Å². The van der Waals surface area contributed by atoms with Gasteiger partial charge in [0.25, 0.3) is 0 Å². The van der Waals surface area contributed by atoms with E-state index >= 15 is 0 Å². The van der Waals surface area contributed by atoms with Gasteiger partial charge in [-0.15, -0.1) is 0 Å². The van der Waals surface area contributed by atoms with Gasteiger partial charge in [-0.05, 0) is 25.5 Å². The van der Waals surface area contributed by atoms with E-state index in [1.54, 1.807) is 13.1 Å². The summed E-state index contributed by atoms with van der Waals surface area (Å²) in [4.78, 5) is 22.3. The van der Waals surface area contributed by atoms with Crippen LogP contribution >= 0.6 is 0 Å². The first kappa shape index (κ1) is 15.5. The average Bonchev–Trinajstić information content (AvgIpc) is 2.58. The molecule has 1 saturated heterocycles. The molecular weight excluding hydrogens is 290 g/mol. The van der Waals surface area contributed by atoms with Crippen molar-refractivity contribution < 1.29 is 0 Å². The van der Waals surface area contributed by atoms with Crippen LogP contribution in [-0.2, 0) is 7.05 Å². The minimum Gasteiger partial charge on any atom is -0.350 e. The van der Waals surface area contributed by atoms with E-state index in [0.29, 0.717) is 17.5 Å². The molecule has 2 heterocycles. The highest BCUT2D eigenvalue weighted by molar-refractivity contribution is 5.92. The summed E-state index contributed by atoms with van der Waals surface area (Å²) in [5, 5.41) is 4.38. The number of nitrogens with one attached hydrogen (secondary N) is 1. The molecule has 0 spiro atoms. The summed E-state index contributed by atoms with van der Waals surface area (Å²) in [5.41, 5.74) is 1.11. The molecule has 0 bridgehead atoms. The zero-order valence-corrected chi connectivity index (χ0v) is 13.7. The smallest absolute Gasteiger partial charge is 0.349 e. The minimum atomic E-state index is -0.262. The molecule has 23 heavy (non-hydrogen) atoms. The third kappa shape index (κ3) is 2.68. The summed E-state index contributed by atoms with van der Waals surface area (Å²) in [7, 11) is 1.72. The molecule has 1 N–H and O–H groups in total. The third-order valence-electron chi connectivity index (χ3n) is 4.62. The number of piperazine rings is 1. The van der Waals surface area contributed by atoms with Crippen molar-refractivity contribution >= 4 is 22.4 Å². The first-order chi connectivity index (χ1) is 11.0. The highest BCUT2D eigenvalue weighted by Crippen LogP contribution is 2.29. The van der Waals surface area contributed by atoms with Crippen molar-refractivity contribution in [1.29, 1.82) is 0 Å². The Morgan fingerprint density at radius 1 is 1.48 bits per heavy atom. The molecular formula is C17H21N5O. The molecule has 3 rings (SSSR count). The Morgan fingerprint density at radius 3 is 2.96 bits per heavy atom. The van der Waals surface area contributed by atoms with E-state index in [2.05, 4.69) is 33.9 Å². The van der Waals surface area contributed by atoms with Crippen LogP contribution in [0.1, 0.15) is 20.3 Å². The lowest BCUT2D eigenvalue weighted by Gasteiger charge is -2.39.